The van der Waals surface area contributed by atoms with Crippen molar-refractivity contribution in [1.29, 1.82) is 0 Å². The van der Waals surface area contributed by atoms with E-state index in [1.807, 2.05) is 23.1 Å². The summed E-state index contributed by atoms with van der Waals surface area (Å²) in [5.74, 6) is 1.02. The molecule has 134 valence electrons. The van der Waals surface area contributed by atoms with Crippen molar-refractivity contribution in [3.05, 3.63) is 48.2 Å². The van der Waals surface area contributed by atoms with Crippen molar-refractivity contribution >= 4 is 5.91 Å². The topological polar surface area (TPSA) is 29.5 Å². The zero-order chi connectivity index (χ0) is 17.2. The molecule has 1 aromatic carbocycles. The Labute approximate surface area is 151 Å². The second-order valence-electron chi connectivity index (χ2n) is 7.89. The third kappa shape index (κ3) is 3.27. The number of amides is 1. The Balaban J connectivity index is 1.59. The van der Waals surface area contributed by atoms with Gasteiger partial charge in [-0.15, -0.1) is 0 Å². The van der Waals surface area contributed by atoms with E-state index >= 15 is 0 Å². The lowest BCUT2D eigenvalue weighted by molar-refractivity contribution is -0.134. The van der Waals surface area contributed by atoms with E-state index < -0.39 is 0 Å². The first-order chi connectivity index (χ1) is 12.3. The Kier molecular flexibility index (Phi) is 4.93. The molecule has 1 aliphatic carbocycles. The van der Waals surface area contributed by atoms with E-state index in [1.165, 1.54) is 31.2 Å². The fourth-order valence-corrected chi connectivity index (χ4v) is 5.12. The molecule has 1 saturated carbocycles. The number of likely N-dealkylation sites (tertiary alicyclic amines) is 1. The molecule has 2 saturated heterocycles. The first-order valence-electron chi connectivity index (χ1n) is 9.91. The summed E-state index contributed by atoms with van der Waals surface area (Å²) in [6.45, 7) is 5.77. The van der Waals surface area contributed by atoms with Crippen LogP contribution in [0.1, 0.15) is 50.5 Å². The van der Waals surface area contributed by atoms with Crippen LogP contribution in [0.15, 0.2) is 42.6 Å². The van der Waals surface area contributed by atoms with Crippen LogP contribution in [0.25, 0.3) is 0 Å². The van der Waals surface area contributed by atoms with E-state index in [4.69, 9.17) is 4.74 Å². The number of benzene rings is 1. The molecule has 4 unspecified atom stereocenters. The number of carbonyl (C=O) groups is 1. The van der Waals surface area contributed by atoms with Gasteiger partial charge in [-0.1, -0.05) is 62.6 Å². The number of allylic oxidation sites excluding steroid dienone is 1. The van der Waals surface area contributed by atoms with Gasteiger partial charge in [0.1, 0.15) is 0 Å². The van der Waals surface area contributed by atoms with Crippen LogP contribution in [-0.4, -0.2) is 23.5 Å². The van der Waals surface area contributed by atoms with E-state index in [0.29, 0.717) is 18.4 Å². The van der Waals surface area contributed by atoms with Gasteiger partial charge in [0.15, 0.2) is 0 Å². The fraction of sp³-hybridized carbons (Fsp3) is 0.591. The first-order valence-corrected chi connectivity index (χ1v) is 9.91. The second kappa shape index (κ2) is 7.33. The minimum atomic E-state index is 0.0850. The molecule has 4 atom stereocenters. The molecular weight excluding hydrogens is 310 g/mol. The van der Waals surface area contributed by atoms with E-state index in [1.54, 1.807) is 0 Å². The minimum Gasteiger partial charge on any atom is -0.378 e. The summed E-state index contributed by atoms with van der Waals surface area (Å²) in [6.07, 6.45) is 8.52. The summed E-state index contributed by atoms with van der Waals surface area (Å²) >= 11 is 0. The first kappa shape index (κ1) is 16.8. The standard InChI is InChI=1S/C22H29NO2/c1-16-18-13-14-25-20-12-8-3-2-7-11-19(20)21(18)22(24)23(16)15-17-9-5-4-6-10-17/h4-6,9-10,18-21H,1-3,7-8,11-15H2. The lowest BCUT2D eigenvalue weighted by Crippen LogP contribution is -2.36. The molecule has 1 amide bonds. The summed E-state index contributed by atoms with van der Waals surface area (Å²) in [6, 6.07) is 10.3. The van der Waals surface area contributed by atoms with Crippen LogP contribution < -0.4 is 0 Å². The Morgan fingerprint density at radius 3 is 2.60 bits per heavy atom. The SMILES string of the molecule is C=C1C2CCOC3CCCCCCC3C2C(=O)N1Cc1ccccc1. The van der Waals surface area contributed by atoms with Gasteiger partial charge in [0.2, 0.25) is 5.91 Å². The van der Waals surface area contributed by atoms with Crippen molar-refractivity contribution in [1.82, 2.24) is 4.90 Å². The van der Waals surface area contributed by atoms with Crippen LogP contribution in [0.4, 0.5) is 0 Å². The predicted molar refractivity (Wildman–Crippen MR) is 98.7 cm³/mol. The van der Waals surface area contributed by atoms with Gasteiger partial charge in [-0.3, -0.25) is 4.79 Å². The molecule has 3 heteroatoms. The highest BCUT2D eigenvalue weighted by Gasteiger charge is 2.50. The summed E-state index contributed by atoms with van der Waals surface area (Å²) < 4.78 is 6.22. The van der Waals surface area contributed by atoms with Crippen molar-refractivity contribution in [2.24, 2.45) is 17.8 Å². The average Bonchev–Trinajstić information content (AvgIpc) is 2.74. The minimum absolute atomic E-state index is 0.0850. The summed E-state index contributed by atoms with van der Waals surface area (Å²) in [4.78, 5) is 15.3. The molecule has 3 nitrogen and oxygen atoms in total. The molecule has 0 spiro atoms. The van der Waals surface area contributed by atoms with Crippen LogP contribution >= 0.6 is 0 Å². The lowest BCUT2D eigenvalue weighted by atomic mass is 9.74. The van der Waals surface area contributed by atoms with Gasteiger partial charge in [0.05, 0.1) is 18.6 Å². The number of nitrogens with zero attached hydrogens (tertiary/aromatic N) is 1. The predicted octanol–water partition coefficient (Wildman–Crippen LogP) is 4.53. The quantitative estimate of drug-likeness (QED) is 0.792. The number of hydrogen-bond acceptors (Lipinski definition) is 2. The largest absolute Gasteiger partial charge is 0.378 e. The highest BCUT2D eigenvalue weighted by molar-refractivity contribution is 5.85. The van der Waals surface area contributed by atoms with E-state index in [0.717, 1.165) is 31.6 Å². The van der Waals surface area contributed by atoms with Crippen molar-refractivity contribution < 1.29 is 9.53 Å². The Hall–Kier alpha value is -1.61. The molecule has 0 bridgehead atoms. The number of hydrogen-bond donors (Lipinski definition) is 0. The van der Waals surface area contributed by atoms with Gasteiger partial charge < -0.3 is 9.64 Å². The number of fused-ring (bicyclic) bond motifs is 3. The smallest absolute Gasteiger partial charge is 0.231 e. The monoisotopic (exact) mass is 339 g/mol. The zero-order valence-electron chi connectivity index (χ0n) is 15.0. The molecule has 1 aromatic rings. The third-order valence-electron chi connectivity index (χ3n) is 6.42. The van der Waals surface area contributed by atoms with Gasteiger partial charge in [0, 0.05) is 18.2 Å². The van der Waals surface area contributed by atoms with Crippen LogP contribution in [0.5, 0.6) is 0 Å². The summed E-state index contributed by atoms with van der Waals surface area (Å²) in [7, 11) is 0. The molecule has 0 radical (unpaired) electrons. The molecule has 2 heterocycles. The molecule has 2 aliphatic heterocycles. The number of rotatable bonds is 2. The highest BCUT2D eigenvalue weighted by atomic mass is 16.5. The van der Waals surface area contributed by atoms with Crippen LogP contribution in [0.3, 0.4) is 0 Å². The van der Waals surface area contributed by atoms with Gasteiger partial charge in [0.25, 0.3) is 0 Å². The lowest BCUT2D eigenvalue weighted by Gasteiger charge is -2.31. The van der Waals surface area contributed by atoms with Gasteiger partial charge in [-0.2, -0.15) is 0 Å². The van der Waals surface area contributed by atoms with Gasteiger partial charge in [-0.25, -0.2) is 0 Å². The van der Waals surface area contributed by atoms with Gasteiger partial charge in [-0.05, 0) is 30.7 Å². The Morgan fingerprint density at radius 2 is 1.80 bits per heavy atom. The maximum atomic E-state index is 13.4. The Bertz CT molecular complexity index is 626. The van der Waals surface area contributed by atoms with Crippen LogP contribution in [-0.2, 0) is 16.1 Å². The van der Waals surface area contributed by atoms with E-state index in [9.17, 15) is 4.79 Å². The maximum absolute atomic E-state index is 13.4. The molecule has 4 rings (SSSR count). The third-order valence-corrected chi connectivity index (χ3v) is 6.42. The zero-order valence-corrected chi connectivity index (χ0v) is 15.0. The molecule has 0 aromatic heterocycles. The molecule has 0 N–H and O–H groups in total. The fourth-order valence-electron chi connectivity index (χ4n) is 5.12. The molecule has 25 heavy (non-hydrogen) atoms. The molecule has 3 aliphatic rings. The van der Waals surface area contributed by atoms with Crippen molar-refractivity contribution in [2.75, 3.05) is 6.61 Å². The number of ether oxygens (including phenoxy) is 1. The normalized spacial score (nSPS) is 33.2. The van der Waals surface area contributed by atoms with Gasteiger partial charge >= 0.3 is 0 Å². The van der Waals surface area contributed by atoms with Crippen molar-refractivity contribution in [3.63, 3.8) is 0 Å². The highest BCUT2D eigenvalue weighted by Crippen LogP contribution is 2.47. The van der Waals surface area contributed by atoms with Crippen LogP contribution in [0, 0.1) is 17.8 Å². The summed E-state index contributed by atoms with van der Waals surface area (Å²) in [5.41, 5.74) is 2.20. The molecular formula is C22H29NO2. The Morgan fingerprint density at radius 1 is 1.04 bits per heavy atom. The maximum Gasteiger partial charge on any atom is 0.231 e. The second-order valence-corrected chi connectivity index (χ2v) is 7.89. The molecule has 3 fully saturated rings. The van der Waals surface area contributed by atoms with Crippen molar-refractivity contribution in [2.45, 2.75) is 57.6 Å². The van der Waals surface area contributed by atoms with E-state index in [-0.39, 0.29) is 17.9 Å². The van der Waals surface area contributed by atoms with Crippen molar-refractivity contribution in [3.8, 4) is 0 Å². The average molecular weight is 339 g/mol. The van der Waals surface area contributed by atoms with E-state index in [2.05, 4.69) is 18.7 Å². The van der Waals surface area contributed by atoms with Crippen LogP contribution in [0.2, 0.25) is 0 Å². The number of carbonyl (C=O) groups excluding carboxylic acids is 1. The summed E-state index contributed by atoms with van der Waals surface area (Å²) in [5, 5.41) is 0.